The van der Waals surface area contributed by atoms with E-state index in [0.717, 1.165) is 6.07 Å². The number of anilines is 1. The van der Waals surface area contributed by atoms with Crippen molar-refractivity contribution < 1.29 is 44.0 Å². The molecular weight excluding hydrogens is 491 g/mol. The molecule has 12 nitrogen and oxygen atoms in total. The number of fused-ring (bicyclic) bond motifs is 3. The minimum atomic E-state index is -2.72. The van der Waals surface area contributed by atoms with E-state index in [1.54, 1.807) is 6.07 Å². The number of aromatic hydroxyl groups is 1. The molecule has 1 aromatic carbocycles. The highest BCUT2D eigenvalue weighted by atomic mass is 19.1. The Balaban J connectivity index is 1.58. The number of halogens is 1. The van der Waals surface area contributed by atoms with E-state index in [1.165, 1.54) is 17.1 Å². The number of amides is 2. The van der Waals surface area contributed by atoms with Crippen molar-refractivity contribution >= 4 is 34.8 Å². The average Bonchev–Trinajstić information content (AvgIpc) is 3.32. The zero-order valence-corrected chi connectivity index (χ0v) is 19.1. The molecule has 7 N–H and O–H groups in total. The van der Waals surface area contributed by atoms with E-state index < -0.39 is 87.0 Å². The lowest BCUT2D eigenvalue weighted by atomic mass is 9.59. The maximum atomic E-state index is 15.1. The van der Waals surface area contributed by atoms with Crippen LogP contribution < -0.4 is 11.1 Å². The van der Waals surface area contributed by atoms with Crippen molar-refractivity contribution in [2.45, 2.75) is 31.4 Å². The smallest absolute Gasteiger partial charge is 0.255 e. The zero-order valence-electron chi connectivity index (χ0n) is 19.1. The molecule has 0 aliphatic heterocycles. The maximum Gasteiger partial charge on any atom is 0.255 e. The van der Waals surface area contributed by atoms with Gasteiger partial charge in [0.2, 0.25) is 11.7 Å². The van der Waals surface area contributed by atoms with E-state index in [1.807, 2.05) is 0 Å². The lowest BCUT2D eigenvalue weighted by molar-refractivity contribution is -0.147. The van der Waals surface area contributed by atoms with E-state index in [4.69, 9.17) is 5.73 Å². The number of nitrogens with two attached hydrogens (primary N) is 1. The Hall–Kier alpha value is -4.52. The van der Waals surface area contributed by atoms with Crippen LogP contribution in [0.4, 0.5) is 10.1 Å². The number of aromatic nitrogens is 2. The minimum Gasteiger partial charge on any atom is -0.508 e. The third kappa shape index (κ3) is 3.49. The van der Waals surface area contributed by atoms with Crippen LogP contribution in [0.2, 0.25) is 0 Å². The molecule has 13 heteroatoms. The molecule has 5 rings (SSSR count). The zero-order chi connectivity index (χ0) is 26.8. The number of phenolic OH excluding ortho intramolecular Hbond substituents is 1. The fraction of sp³-hybridized carbons (Fsp3) is 0.292. The third-order valence-corrected chi connectivity index (χ3v) is 7.15. The lowest BCUT2D eigenvalue weighted by Crippen LogP contribution is -2.58. The van der Waals surface area contributed by atoms with Crippen LogP contribution in [0, 0.1) is 17.7 Å². The number of hydrogen-bond acceptors (Lipinski definition) is 9. The monoisotopic (exact) mass is 512 g/mol. The molecule has 0 unspecified atom stereocenters. The van der Waals surface area contributed by atoms with E-state index in [-0.39, 0.29) is 30.6 Å². The van der Waals surface area contributed by atoms with Crippen molar-refractivity contribution in [3.63, 3.8) is 0 Å². The van der Waals surface area contributed by atoms with E-state index in [9.17, 15) is 39.6 Å². The van der Waals surface area contributed by atoms with Crippen LogP contribution >= 0.6 is 0 Å². The first-order valence-electron chi connectivity index (χ1n) is 11.2. The first kappa shape index (κ1) is 24.2. The van der Waals surface area contributed by atoms with Gasteiger partial charge in [0, 0.05) is 41.9 Å². The van der Waals surface area contributed by atoms with Gasteiger partial charge in [0.15, 0.2) is 17.1 Å². The number of carbonyl (C=O) groups is 4. The molecule has 0 spiro atoms. The number of aliphatic hydroxyl groups is 3. The number of aliphatic hydroxyl groups excluding tert-OH is 2. The van der Waals surface area contributed by atoms with Crippen molar-refractivity contribution in [3.8, 4) is 5.75 Å². The predicted molar refractivity (Wildman–Crippen MR) is 122 cm³/mol. The van der Waals surface area contributed by atoms with Gasteiger partial charge in [0.1, 0.15) is 29.5 Å². The summed E-state index contributed by atoms with van der Waals surface area (Å²) in [5.41, 5.74) is 0.153. The summed E-state index contributed by atoms with van der Waals surface area (Å²) in [6.07, 6.45) is 2.19. The Labute approximate surface area is 207 Å². The summed E-state index contributed by atoms with van der Waals surface area (Å²) < 4.78 is 16.4. The van der Waals surface area contributed by atoms with Gasteiger partial charge in [-0.15, -0.1) is 0 Å². The van der Waals surface area contributed by atoms with Crippen LogP contribution in [-0.4, -0.2) is 59.2 Å². The lowest BCUT2D eigenvalue weighted by Gasteiger charge is -2.46. The van der Waals surface area contributed by atoms with Crippen molar-refractivity contribution in [2.75, 3.05) is 5.32 Å². The molecule has 3 aliphatic rings. The van der Waals surface area contributed by atoms with Gasteiger partial charge in [-0.3, -0.25) is 23.9 Å². The number of hydrogen-bond donors (Lipinski definition) is 6. The summed E-state index contributed by atoms with van der Waals surface area (Å²) in [6.45, 7) is -0.250. The van der Waals surface area contributed by atoms with E-state index in [0.29, 0.717) is 0 Å². The van der Waals surface area contributed by atoms with Gasteiger partial charge < -0.3 is 31.5 Å². The number of phenols is 1. The van der Waals surface area contributed by atoms with Crippen molar-refractivity contribution in [3.05, 3.63) is 58.4 Å². The number of nitrogens with one attached hydrogen (secondary N) is 1. The van der Waals surface area contributed by atoms with Gasteiger partial charge >= 0.3 is 0 Å². The first-order valence-corrected chi connectivity index (χ1v) is 11.2. The molecule has 0 radical (unpaired) electrons. The Kier molecular flexibility index (Phi) is 5.40. The van der Waals surface area contributed by atoms with Gasteiger partial charge in [-0.05, 0) is 24.8 Å². The number of ketones is 2. The molecule has 2 aromatic rings. The molecule has 0 bridgehead atoms. The molecule has 2 amide bonds. The molecule has 1 saturated carbocycles. The summed E-state index contributed by atoms with van der Waals surface area (Å²) in [5, 5.41) is 49.9. The Morgan fingerprint density at radius 3 is 2.62 bits per heavy atom. The van der Waals surface area contributed by atoms with Crippen LogP contribution in [-0.2, 0) is 32.1 Å². The highest BCUT2D eigenvalue weighted by molar-refractivity contribution is 6.22. The van der Waals surface area contributed by atoms with E-state index in [2.05, 4.69) is 10.4 Å². The first-order chi connectivity index (χ1) is 17.4. The number of carbonyl (C=O) groups excluding carboxylic acids is 4. The minimum absolute atomic E-state index is 0.120. The Morgan fingerprint density at radius 1 is 1.24 bits per heavy atom. The number of Topliss-reactive ketones (excluding diaryl/α,β-unsaturated/α-hetero) is 2. The van der Waals surface area contributed by atoms with Crippen LogP contribution in [0.3, 0.4) is 0 Å². The molecule has 1 heterocycles. The summed E-state index contributed by atoms with van der Waals surface area (Å²) in [4.78, 5) is 49.9. The molecule has 3 atom stereocenters. The fourth-order valence-electron chi connectivity index (χ4n) is 5.47. The fourth-order valence-corrected chi connectivity index (χ4v) is 5.47. The van der Waals surface area contributed by atoms with Crippen molar-refractivity contribution in [1.29, 1.82) is 0 Å². The highest BCUT2D eigenvalue weighted by Crippen LogP contribution is 2.53. The summed E-state index contributed by atoms with van der Waals surface area (Å²) >= 11 is 0. The number of benzene rings is 1. The summed E-state index contributed by atoms with van der Waals surface area (Å²) in [6, 6.07) is 2.47. The molecule has 1 aromatic heterocycles. The SMILES string of the molecule is NC(=O)C1=C(O)[C@@]2(O)C(=O)C3=C(O)c4c(O)c(NC(=O)Cn5cccn5)cc(F)c4C[C@H]3C[C@H]2CC1=O. The highest BCUT2D eigenvalue weighted by Gasteiger charge is 2.60. The number of nitrogens with zero attached hydrogens (tertiary/aromatic N) is 2. The predicted octanol–water partition coefficient (Wildman–Crippen LogP) is 0.398. The summed E-state index contributed by atoms with van der Waals surface area (Å²) in [5.74, 6) is -9.71. The van der Waals surface area contributed by atoms with Gasteiger partial charge in [-0.1, -0.05) is 0 Å². The van der Waals surface area contributed by atoms with E-state index >= 15 is 4.39 Å². The number of primary amides is 1. The average molecular weight is 512 g/mol. The Bertz CT molecular complexity index is 1460. The quantitative estimate of drug-likeness (QED) is 0.247. The second-order valence-corrected chi connectivity index (χ2v) is 9.27. The van der Waals surface area contributed by atoms with Gasteiger partial charge in [-0.25, -0.2) is 4.39 Å². The molecule has 0 saturated heterocycles. The van der Waals surface area contributed by atoms with Gasteiger partial charge in [-0.2, -0.15) is 5.10 Å². The van der Waals surface area contributed by atoms with Crippen molar-refractivity contribution in [1.82, 2.24) is 9.78 Å². The molecular formula is C24H21FN4O8. The second-order valence-electron chi connectivity index (χ2n) is 9.27. The van der Waals surface area contributed by atoms with Gasteiger partial charge in [0.05, 0.1) is 11.3 Å². The third-order valence-electron chi connectivity index (χ3n) is 7.15. The number of rotatable bonds is 4. The Morgan fingerprint density at radius 2 is 1.97 bits per heavy atom. The topological polar surface area (TPSA) is 205 Å². The van der Waals surface area contributed by atoms with Crippen LogP contribution in [0.15, 0.2) is 41.4 Å². The van der Waals surface area contributed by atoms with Crippen LogP contribution in [0.5, 0.6) is 5.75 Å². The van der Waals surface area contributed by atoms with Crippen molar-refractivity contribution in [2.24, 2.45) is 17.6 Å². The van der Waals surface area contributed by atoms with Gasteiger partial charge in [0.25, 0.3) is 5.91 Å². The molecule has 1 fully saturated rings. The summed E-state index contributed by atoms with van der Waals surface area (Å²) in [7, 11) is 0. The largest absolute Gasteiger partial charge is 0.508 e. The normalized spacial score (nSPS) is 24.9. The standard InChI is InChI=1S/C24H21FN4O8/c25-12-7-13(28-15(31)8-29-3-1-2-27-29)19(32)17-11(12)5-9-4-10-6-14(30)18(23(26)36)22(35)24(10,37)21(34)16(9)20(17)33/h1-3,7,9-10,32-33,35,37H,4-6,8H2,(H2,26,36)(H,28,31)/t9-,10+,24+/m1/s1. The van der Waals surface area contributed by atoms with Crippen LogP contribution in [0.1, 0.15) is 24.0 Å². The molecule has 37 heavy (non-hydrogen) atoms. The van der Waals surface area contributed by atoms with Crippen LogP contribution in [0.25, 0.3) is 5.76 Å². The molecule has 192 valence electrons. The molecule has 3 aliphatic carbocycles. The second kappa shape index (κ2) is 8.27. The maximum absolute atomic E-state index is 15.1.